The van der Waals surface area contributed by atoms with Crippen molar-refractivity contribution in [1.29, 1.82) is 0 Å². The van der Waals surface area contributed by atoms with Gasteiger partial charge in [-0.3, -0.25) is 4.79 Å². The predicted octanol–water partition coefficient (Wildman–Crippen LogP) is 2.21. The van der Waals surface area contributed by atoms with E-state index in [9.17, 15) is 14.7 Å². The minimum Gasteiger partial charge on any atom is -0.550 e. The molecule has 1 aliphatic carbocycles. The standard InChI is InChI=1S/C17H22O4/c18-15(19)11-17(9-5-2-6-10-17)12-16(20)21-13-14-7-3-1-4-8-14/h1,3-4,7-8H,2,5-6,9-13H2,(H,18,19)/p-1. The van der Waals surface area contributed by atoms with Gasteiger partial charge in [0.25, 0.3) is 0 Å². The molecule has 0 radical (unpaired) electrons. The molecule has 4 nitrogen and oxygen atoms in total. The van der Waals surface area contributed by atoms with Crippen LogP contribution < -0.4 is 5.11 Å². The predicted molar refractivity (Wildman–Crippen MR) is 76.0 cm³/mol. The normalized spacial score (nSPS) is 17.1. The number of rotatable bonds is 6. The number of benzene rings is 1. The number of hydrogen-bond acceptors (Lipinski definition) is 4. The highest BCUT2D eigenvalue weighted by Gasteiger charge is 2.35. The van der Waals surface area contributed by atoms with Crippen LogP contribution in [0.5, 0.6) is 0 Å². The van der Waals surface area contributed by atoms with E-state index in [1.807, 2.05) is 30.3 Å². The Kier molecular flexibility index (Phi) is 5.37. The first-order chi connectivity index (χ1) is 10.1. The molecule has 0 N–H and O–H groups in total. The van der Waals surface area contributed by atoms with Crippen molar-refractivity contribution in [3.05, 3.63) is 35.9 Å². The van der Waals surface area contributed by atoms with Gasteiger partial charge in [-0.25, -0.2) is 0 Å². The lowest BCUT2D eigenvalue weighted by Crippen LogP contribution is -2.36. The first kappa shape index (κ1) is 15.5. The van der Waals surface area contributed by atoms with Crippen LogP contribution in [0.25, 0.3) is 0 Å². The fourth-order valence-corrected chi connectivity index (χ4v) is 3.12. The van der Waals surface area contributed by atoms with E-state index < -0.39 is 11.4 Å². The molecule has 1 aliphatic rings. The molecule has 4 heteroatoms. The highest BCUT2D eigenvalue weighted by molar-refractivity contribution is 5.72. The average molecular weight is 289 g/mol. The van der Waals surface area contributed by atoms with Crippen molar-refractivity contribution in [1.82, 2.24) is 0 Å². The number of ether oxygens (including phenoxy) is 1. The molecule has 0 heterocycles. The SMILES string of the molecule is O=C([O-])CC1(CC(=O)OCc2ccccc2)CCCCC1. The maximum atomic E-state index is 12.0. The van der Waals surface area contributed by atoms with Crippen LogP contribution in [0.4, 0.5) is 0 Å². The summed E-state index contributed by atoms with van der Waals surface area (Å²) in [5.41, 5.74) is 0.466. The van der Waals surface area contributed by atoms with Gasteiger partial charge in [-0.2, -0.15) is 0 Å². The molecule has 21 heavy (non-hydrogen) atoms. The molecular weight excluding hydrogens is 268 g/mol. The van der Waals surface area contributed by atoms with Gasteiger partial charge in [-0.1, -0.05) is 49.6 Å². The second-order valence-corrected chi connectivity index (χ2v) is 5.93. The number of carboxylic acid groups (broad SMARTS) is 1. The lowest BCUT2D eigenvalue weighted by Gasteiger charge is -2.36. The lowest BCUT2D eigenvalue weighted by molar-refractivity contribution is -0.308. The van der Waals surface area contributed by atoms with E-state index in [0.29, 0.717) is 0 Å². The monoisotopic (exact) mass is 289 g/mol. The molecule has 0 atom stereocenters. The number of hydrogen-bond donors (Lipinski definition) is 0. The van der Waals surface area contributed by atoms with Crippen LogP contribution in [0.3, 0.4) is 0 Å². The third-order valence-corrected chi connectivity index (χ3v) is 4.20. The Hall–Kier alpha value is -1.84. The second-order valence-electron chi connectivity index (χ2n) is 5.93. The lowest BCUT2D eigenvalue weighted by atomic mass is 9.70. The van der Waals surface area contributed by atoms with Crippen LogP contribution in [0.1, 0.15) is 50.5 Å². The zero-order valence-electron chi connectivity index (χ0n) is 12.2. The zero-order chi connectivity index (χ0) is 15.1. The summed E-state index contributed by atoms with van der Waals surface area (Å²) in [6.07, 6.45) is 4.70. The molecule has 2 rings (SSSR count). The number of carboxylic acids is 1. The van der Waals surface area contributed by atoms with Crippen molar-refractivity contribution in [2.45, 2.75) is 51.6 Å². The molecule has 1 saturated carbocycles. The Morgan fingerprint density at radius 2 is 1.71 bits per heavy atom. The van der Waals surface area contributed by atoms with Gasteiger partial charge in [-0.15, -0.1) is 0 Å². The van der Waals surface area contributed by atoms with Gasteiger partial charge in [0.2, 0.25) is 0 Å². The molecule has 114 valence electrons. The Bertz CT molecular complexity index is 475. The first-order valence-electron chi connectivity index (χ1n) is 7.49. The summed E-state index contributed by atoms with van der Waals surface area (Å²) in [6, 6.07) is 9.47. The van der Waals surface area contributed by atoms with Gasteiger partial charge >= 0.3 is 5.97 Å². The molecule has 1 aromatic rings. The topological polar surface area (TPSA) is 66.4 Å². The summed E-state index contributed by atoms with van der Waals surface area (Å²) < 4.78 is 5.29. The average Bonchev–Trinajstić information content (AvgIpc) is 2.46. The van der Waals surface area contributed by atoms with Gasteiger partial charge < -0.3 is 14.6 Å². The third kappa shape index (κ3) is 4.88. The molecule has 1 fully saturated rings. The summed E-state index contributed by atoms with van der Waals surface area (Å²) in [5.74, 6) is -1.39. The highest BCUT2D eigenvalue weighted by Crippen LogP contribution is 2.42. The molecule has 0 saturated heterocycles. The molecule has 0 unspecified atom stereocenters. The third-order valence-electron chi connectivity index (χ3n) is 4.20. The summed E-state index contributed by atoms with van der Waals surface area (Å²) in [7, 11) is 0. The van der Waals surface area contributed by atoms with E-state index >= 15 is 0 Å². The Morgan fingerprint density at radius 1 is 1.05 bits per heavy atom. The fourth-order valence-electron chi connectivity index (χ4n) is 3.12. The highest BCUT2D eigenvalue weighted by atomic mass is 16.5. The molecule has 0 aromatic heterocycles. The van der Waals surface area contributed by atoms with Crippen LogP contribution in [-0.2, 0) is 20.9 Å². The Labute approximate surface area is 125 Å². The summed E-state index contributed by atoms with van der Waals surface area (Å²) in [4.78, 5) is 23.0. The Morgan fingerprint density at radius 3 is 2.33 bits per heavy atom. The summed E-state index contributed by atoms with van der Waals surface area (Å²) >= 11 is 0. The quantitative estimate of drug-likeness (QED) is 0.753. The van der Waals surface area contributed by atoms with Gasteiger partial charge in [0.05, 0.1) is 6.42 Å². The van der Waals surface area contributed by atoms with Gasteiger partial charge in [0, 0.05) is 5.97 Å². The van der Waals surface area contributed by atoms with Crippen molar-refractivity contribution in [2.24, 2.45) is 5.41 Å². The fraction of sp³-hybridized carbons (Fsp3) is 0.529. The first-order valence-corrected chi connectivity index (χ1v) is 7.49. The number of carbonyl (C=O) groups excluding carboxylic acids is 2. The molecule has 0 spiro atoms. The van der Waals surface area contributed by atoms with Crippen LogP contribution in [0.15, 0.2) is 30.3 Å². The molecule has 0 bridgehead atoms. The molecule has 0 aliphatic heterocycles. The van der Waals surface area contributed by atoms with E-state index in [-0.39, 0.29) is 25.4 Å². The second kappa shape index (κ2) is 7.25. The molecular formula is C17H21O4-. The van der Waals surface area contributed by atoms with Crippen LogP contribution in [0, 0.1) is 5.41 Å². The molecule has 0 amide bonds. The van der Waals surface area contributed by atoms with Crippen molar-refractivity contribution < 1.29 is 19.4 Å². The maximum Gasteiger partial charge on any atom is 0.306 e. The maximum absolute atomic E-state index is 12.0. The minimum absolute atomic E-state index is 0.0482. The van der Waals surface area contributed by atoms with E-state index in [1.54, 1.807) is 0 Å². The smallest absolute Gasteiger partial charge is 0.306 e. The largest absolute Gasteiger partial charge is 0.550 e. The molecule has 1 aromatic carbocycles. The van der Waals surface area contributed by atoms with Crippen molar-refractivity contribution in [3.8, 4) is 0 Å². The van der Waals surface area contributed by atoms with E-state index in [2.05, 4.69) is 0 Å². The minimum atomic E-state index is -1.08. The number of aliphatic carboxylic acids is 1. The van der Waals surface area contributed by atoms with E-state index in [0.717, 1.165) is 37.7 Å². The van der Waals surface area contributed by atoms with E-state index in [1.165, 1.54) is 0 Å². The van der Waals surface area contributed by atoms with Gasteiger partial charge in [-0.05, 0) is 30.2 Å². The van der Waals surface area contributed by atoms with Gasteiger partial charge in [0.1, 0.15) is 6.61 Å². The van der Waals surface area contributed by atoms with Crippen LogP contribution in [-0.4, -0.2) is 11.9 Å². The van der Waals surface area contributed by atoms with Crippen molar-refractivity contribution in [2.75, 3.05) is 0 Å². The number of esters is 1. The van der Waals surface area contributed by atoms with Crippen LogP contribution in [0.2, 0.25) is 0 Å². The Balaban J connectivity index is 1.90. The number of carbonyl (C=O) groups is 2. The van der Waals surface area contributed by atoms with Crippen molar-refractivity contribution >= 4 is 11.9 Å². The van der Waals surface area contributed by atoms with Gasteiger partial charge in [0.15, 0.2) is 0 Å². The zero-order valence-corrected chi connectivity index (χ0v) is 12.2. The van der Waals surface area contributed by atoms with Crippen molar-refractivity contribution in [3.63, 3.8) is 0 Å². The van der Waals surface area contributed by atoms with E-state index in [4.69, 9.17) is 4.74 Å². The van der Waals surface area contributed by atoms with Crippen LogP contribution >= 0.6 is 0 Å². The summed E-state index contributed by atoms with van der Waals surface area (Å²) in [5, 5.41) is 11.0. The summed E-state index contributed by atoms with van der Waals surface area (Å²) in [6.45, 7) is 0.237.